The van der Waals surface area contributed by atoms with Gasteiger partial charge in [0.2, 0.25) is 0 Å². The van der Waals surface area contributed by atoms with Crippen LogP contribution in [0.5, 0.6) is 0 Å². The smallest absolute Gasteiger partial charge is 0.265 e. The molecule has 2 N–H and O–H groups in total. The van der Waals surface area contributed by atoms with Gasteiger partial charge in [0.05, 0.1) is 11.9 Å². The molecule has 0 fully saturated rings. The van der Waals surface area contributed by atoms with Gasteiger partial charge in [0, 0.05) is 25.8 Å². The lowest BCUT2D eigenvalue weighted by atomic mass is 10.0. The van der Waals surface area contributed by atoms with Gasteiger partial charge in [0.15, 0.2) is 0 Å². The van der Waals surface area contributed by atoms with Gasteiger partial charge in [-0.15, -0.1) is 11.3 Å². The Kier molecular flexibility index (Phi) is 5.63. The maximum Gasteiger partial charge on any atom is 0.265 e. The van der Waals surface area contributed by atoms with Crippen molar-refractivity contribution in [2.75, 3.05) is 13.6 Å². The second-order valence-electron chi connectivity index (χ2n) is 5.67. The van der Waals surface area contributed by atoms with Gasteiger partial charge in [-0.25, -0.2) is 4.98 Å². The highest BCUT2D eigenvalue weighted by atomic mass is 32.1. The maximum atomic E-state index is 12.4. The third kappa shape index (κ3) is 4.11. The summed E-state index contributed by atoms with van der Waals surface area (Å²) >= 11 is 1.37. The van der Waals surface area contributed by atoms with E-state index in [0.29, 0.717) is 17.3 Å². The fraction of sp³-hybridized carbons (Fsp3) is 0.438. The van der Waals surface area contributed by atoms with E-state index in [4.69, 9.17) is 5.73 Å². The number of nitrogens with zero attached hydrogens (tertiary/aromatic N) is 3. The van der Waals surface area contributed by atoms with Crippen molar-refractivity contribution in [3.05, 3.63) is 35.5 Å². The Balaban J connectivity index is 2.00. The van der Waals surface area contributed by atoms with Crippen LogP contribution in [0.4, 0.5) is 0 Å². The third-order valence-corrected chi connectivity index (χ3v) is 4.61. The summed E-state index contributed by atoms with van der Waals surface area (Å²) in [5.74, 6) is 0.401. The zero-order valence-electron chi connectivity index (χ0n) is 13.2. The fourth-order valence-corrected chi connectivity index (χ4v) is 2.83. The van der Waals surface area contributed by atoms with Crippen LogP contribution in [0.25, 0.3) is 10.7 Å². The number of aromatic nitrogens is 2. The molecule has 5 nitrogen and oxygen atoms in total. The number of hydrogen-bond donors (Lipinski definition) is 1. The molecule has 1 atom stereocenters. The van der Waals surface area contributed by atoms with Crippen molar-refractivity contribution >= 4 is 17.2 Å². The minimum absolute atomic E-state index is 0.0179. The molecule has 2 aromatic rings. The summed E-state index contributed by atoms with van der Waals surface area (Å²) in [5.41, 5.74) is 6.82. The summed E-state index contributed by atoms with van der Waals surface area (Å²) in [6.07, 6.45) is 4.14. The molecule has 0 saturated heterocycles. The van der Waals surface area contributed by atoms with E-state index in [9.17, 15) is 4.79 Å². The van der Waals surface area contributed by atoms with Gasteiger partial charge in [-0.1, -0.05) is 19.9 Å². The van der Waals surface area contributed by atoms with Gasteiger partial charge >= 0.3 is 0 Å². The Bertz CT molecular complexity index is 612. The molecule has 22 heavy (non-hydrogen) atoms. The highest BCUT2D eigenvalue weighted by Gasteiger charge is 2.17. The Labute approximate surface area is 135 Å². The van der Waals surface area contributed by atoms with Crippen LogP contribution >= 0.6 is 11.3 Å². The first-order valence-corrected chi connectivity index (χ1v) is 8.19. The largest absolute Gasteiger partial charge is 0.341 e. The first-order valence-electron chi connectivity index (χ1n) is 7.37. The number of thiazole rings is 1. The summed E-state index contributed by atoms with van der Waals surface area (Å²) in [4.78, 5) is 23.3. The first kappa shape index (κ1) is 16.6. The number of hydrogen-bond acceptors (Lipinski definition) is 5. The van der Waals surface area contributed by atoms with Crippen molar-refractivity contribution in [1.82, 2.24) is 14.9 Å². The average Bonchev–Trinajstić information content (AvgIpc) is 3.02. The number of carbonyl (C=O) groups excluding carboxylic acids is 1. The molecule has 118 valence electrons. The van der Waals surface area contributed by atoms with Crippen LogP contribution in [0.2, 0.25) is 0 Å². The molecule has 6 heteroatoms. The molecule has 0 aromatic carbocycles. The van der Waals surface area contributed by atoms with Crippen molar-refractivity contribution in [1.29, 1.82) is 0 Å². The number of carbonyl (C=O) groups is 1. The van der Waals surface area contributed by atoms with Gasteiger partial charge < -0.3 is 10.6 Å². The molecular weight excluding hydrogens is 296 g/mol. The van der Waals surface area contributed by atoms with Crippen molar-refractivity contribution in [2.45, 2.75) is 26.3 Å². The second kappa shape index (κ2) is 7.47. The standard InChI is InChI=1S/C16H22N4OS/c1-11(2)12(17)7-9-20(3)16(21)14-10-19-15(22-14)13-6-4-5-8-18-13/h4-6,8,10-12H,7,9,17H2,1-3H3. The molecule has 0 aliphatic rings. The molecule has 0 spiro atoms. The SMILES string of the molecule is CC(C)C(N)CCN(C)C(=O)c1cnc(-c2ccccn2)s1. The minimum atomic E-state index is -0.0179. The van der Waals surface area contributed by atoms with Crippen LogP contribution in [0.1, 0.15) is 29.9 Å². The predicted molar refractivity (Wildman–Crippen MR) is 89.7 cm³/mol. The summed E-state index contributed by atoms with van der Waals surface area (Å²) in [5, 5.41) is 0.760. The summed E-state index contributed by atoms with van der Waals surface area (Å²) in [6, 6.07) is 5.76. The summed E-state index contributed by atoms with van der Waals surface area (Å²) < 4.78 is 0. The molecular formula is C16H22N4OS. The molecule has 0 saturated carbocycles. The van der Waals surface area contributed by atoms with E-state index in [0.717, 1.165) is 17.1 Å². The first-order chi connectivity index (χ1) is 10.5. The van der Waals surface area contributed by atoms with Gasteiger partial charge in [-0.3, -0.25) is 9.78 Å². The van der Waals surface area contributed by atoms with Crippen LogP contribution in [-0.2, 0) is 0 Å². The lowest BCUT2D eigenvalue weighted by molar-refractivity contribution is 0.0793. The molecule has 0 radical (unpaired) electrons. The van der Waals surface area contributed by atoms with E-state index in [1.165, 1.54) is 11.3 Å². The Morgan fingerprint density at radius 2 is 2.14 bits per heavy atom. The lowest BCUT2D eigenvalue weighted by Gasteiger charge is -2.20. The molecule has 0 bridgehead atoms. The van der Waals surface area contributed by atoms with Gasteiger partial charge in [-0.05, 0) is 24.5 Å². The Hall–Kier alpha value is -1.79. The predicted octanol–water partition coefficient (Wildman–Crippen LogP) is 2.65. The van der Waals surface area contributed by atoms with Crippen molar-refractivity contribution in [3.63, 3.8) is 0 Å². The van der Waals surface area contributed by atoms with E-state index in [-0.39, 0.29) is 11.9 Å². The zero-order valence-corrected chi connectivity index (χ0v) is 14.0. The van der Waals surface area contributed by atoms with Crippen LogP contribution in [0.3, 0.4) is 0 Å². The average molecular weight is 318 g/mol. The van der Waals surface area contributed by atoms with Crippen LogP contribution in [0, 0.1) is 5.92 Å². The van der Waals surface area contributed by atoms with E-state index >= 15 is 0 Å². The molecule has 2 aromatic heterocycles. The van der Waals surface area contributed by atoms with Crippen LogP contribution < -0.4 is 5.73 Å². The number of nitrogens with two attached hydrogens (primary N) is 1. The molecule has 0 aliphatic heterocycles. The van der Waals surface area contributed by atoms with E-state index in [1.807, 2.05) is 18.2 Å². The van der Waals surface area contributed by atoms with Crippen molar-refractivity contribution < 1.29 is 4.79 Å². The van der Waals surface area contributed by atoms with Crippen LogP contribution in [-0.4, -0.2) is 40.4 Å². The second-order valence-corrected chi connectivity index (χ2v) is 6.70. The van der Waals surface area contributed by atoms with Crippen molar-refractivity contribution in [3.8, 4) is 10.7 Å². The molecule has 1 amide bonds. The topological polar surface area (TPSA) is 72.1 Å². The van der Waals surface area contributed by atoms with Gasteiger partial charge in [-0.2, -0.15) is 0 Å². The lowest BCUT2D eigenvalue weighted by Crippen LogP contribution is -2.34. The third-order valence-electron chi connectivity index (χ3n) is 3.60. The van der Waals surface area contributed by atoms with Crippen molar-refractivity contribution in [2.24, 2.45) is 11.7 Å². The molecule has 1 unspecified atom stereocenters. The molecule has 0 aliphatic carbocycles. The molecule has 2 heterocycles. The monoisotopic (exact) mass is 318 g/mol. The fourth-order valence-electron chi connectivity index (χ4n) is 1.95. The van der Waals surface area contributed by atoms with E-state index in [2.05, 4.69) is 23.8 Å². The Morgan fingerprint density at radius 1 is 1.36 bits per heavy atom. The number of pyridine rings is 1. The minimum Gasteiger partial charge on any atom is -0.341 e. The maximum absolute atomic E-state index is 12.4. The quantitative estimate of drug-likeness (QED) is 0.889. The van der Waals surface area contributed by atoms with Gasteiger partial charge in [0.1, 0.15) is 9.88 Å². The summed E-state index contributed by atoms with van der Waals surface area (Å²) in [7, 11) is 1.80. The van der Waals surface area contributed by atoms with Crippen LogP contribution in [0.15, 0.2) is 30.6 Å². The van der Waals surface area contributed by atoms with Gasteiger partial charge in [0.25, 0.3) is 5.91 Å². The zero-order chi connectivity index (χ0) is 16.1. The Morgan fingerprint density at radius 3 is 2.77 bits per heavy atom. The summed E-state index contributed by atoms with van der Waals surface area (Å²) in [6.45, 7) is 4.83. The number of rotatable bonds is 6. The highest BCUT2D eigenvalue weighted by Crippen LogP contribution is 2.24. The van der Waals surface area contributed by atoms with E-state index in [1.54, 1.807) is 24.3 Å². The number of amides is 1. The highest BCUT2D eigenvalue weighted by molar-refractivity contribution is 7.16. The van der Waals surface area contributed by atoms with E-state index < -0.39 is 0 Å². The normalized spacial score (nSPS) is 12.4. The molecule has 2 rings (SSSR count).